The van der Waals surface area contributed by atoms with Gasteiger partial charge in [0.2, 0.25) is 0 Å². The van der Waals surface area contributed by atoms with Crippen molar-refractivity contribution in [2.75, 3.05) is 5.75 Å². The molecule has 0 heterocycles. The molecule has 1 aliphatic carbocycles. The zero-order valence-electron chi connectivity index (χ0n) is 18.0. The van der Waals surface area contributed by atoms with Crippen LogP contribution >= 0.6 is 0 Å². The van der Waals surface area contributed by atoms with Gasteiger partial charge in [-0.2, -0.15) is 0 Å². The largest absolute Gasteiger partial charge is 0.224 e. The number of sulfone groups is 1. The SMILES string of the molecule is CC1=C(CC=CCCC=CCCS(=O)(=O)c2ccc(C)cc2)C(C)(C)CCC1. The van der Waals surface area contributed by atoms with Gasteiger partial charge in [0.15, 0.2) is 9.84 Å². The maximum atomic E-state index is 12.3. The van der Waals surface area contributed by atoms with Crippen molar-refractivity contribution in [2.24, 2.45) is 5.41 Å². The Morgan fingerprint density at radius 3 is 2.18 bits per heavy atom. The number of allylic oxidation sites excluding steroid dienone is 6. The Morgan fingerprint density at radius 2 is 1.54 bits per heavy atom. The van der Waals surface area contributed by atoms with E-state index in [0.29, 0.717) is 16.7 Å². The highest BCUT2D eigenvalue weighted by molar-refractivity contribution is 7.91. The van der Waals surface area contributed by atoms with Crippen LogP contribution in [0.4, 0.5) is 0 Å². The summed E-state index contributed by atoms with van der Waals surface area (Å²) in [4.78, 5) is 0.421. The lowest BCUT2D eigenvalue weighted by molar-refractivity contribution is 0.361. The first-order valence-electron chi connectivity index (χ1n) is 10.5. The van der Waals surface area contributed by atoms with E-state index < -0.39 is 9.84 Å². The third-order valence-electron chi connectivity index (χ3n) is 5.77. The van der Waals surface area contributed by atoms with Crippen LogP contribution in [0.25, 0.3) is 0 Å². The van der Waals surface area contributed by atoms with Crippen molar-refractivity contribution in [3.8, 4) is 0 Å². The van der Waals surface area contributed by atoms with Gasteiger partial charge in [-0.3, -0.25) is 0 Å². The number of hydrogen-bond donors (Lipinski definition) is 0. The molecule has 2 nitrogen and oxygen atoms in total. The van der Waals surface area contributed by atoms with E-state index in [9.17, 15) is 8.42 Å². The Kier molecular flexibility index (Phi) is 8.30. The Bertz CT molecular complexity index is 822. The van der Waals surface area contributed by atoms with E-state index in [1.807, 2.05) is 25.1 Å². The summed E-state index contributed by atoms with van der Waals surface area (Å²) in [6.07, 6.45) is 16.1. The quantitative estimate of drug-likeness (QED) is 0.331. The Hall–Kier alpha value is -1.61. The second-order valence-electron chi connectivity index (χ2n) is 8.64. The van der Waals surface area contributed by atoms with Gasteiger partial charge in [-0.1, -0.05) is 67.0 Å². The summed E-state index contributed by atoms with van der Waals surface area (Å²) >= 11 is 0. The maximum Gasteiger partial charge on any atom is 0.178 e. The topological polar surface area (TPSA) is 34.1 Å². The molecule has 0 spiro atoms. The first-order valence-corrected chi connectivity index (χ1v) is 12.2. The smallest absolute Gasteiger partial charge is 0.178 e. The molecule has 1 aromatic carbocycles. The Morgan fingerprint density at radius 1 is 0.929 bits per heavy atom. The molecule has 0 aliphatic heterocycles. The van der Waals surface area contributed by atoms with Crippen molar-refractivity contribution in [2.45, 2.75) is 77.5 Å². The Labute approximate surface area is 172 Å². The van der Waals surface area contributed by atoms with Gasteiger partial charge < -0.3 is 0 Å². The average Bonchev–Trinajstić information content (AvgIpc) is 2.62. The number of rotatable bonds is 9. The molecule has 154 valence electrons. The fourth-order valence-corrected chi connectivity index (χ4v) is 5.19. The highest BCUT2D eigenvalue weighted by atomic mass is 32.2. The summed E-state index contributed by atoms with van der Waals surface area (Å²) in [5.74, 6) is 0.172. The average molecular weight is 401 g/mol. The summed E-state index contributed by atoms with van der Waals surface area (Å²) in [5.41, 5.74) is 4.61. The van der Waals surface area contributed by atoms with E-state index in [-0.39, 0.29) is 5.75 Å². The minimum Gasteiger partial charge on any atom is -0.224 e. The molecule has 0 atom stereocenters. The minimum atomic E-state index is -3.18. The van der Waals surface area contributed by atoms with Crippen molar-refractivity contribution in [3.05, 3.63) is 65.3 Å². The third-order valence-corrected chi connectivity index (χ3v) is 7.54. The normalized spacial score (nSPS) is 17.7. The molecule has 0 aromatic heterocycles. The molecular weight excluding hydrogens is 364 g/mol. The first kappa shape index (κ1) is 22.7. The van der Waals surface area contributed by atoms with Crippen LogP contribution in [0, 0.1) is 12.3 Å². The summed E-state index contributed by atoms with van der Waals surface area (Å²) in [6, 6.07) is 7.09. The summed E-state index contributed by atoms with van der Waals surface area (Å²) < 4.78 is 24.6. The second kappa shape index (κ2) is 10.2. The van der Waals surface area contributed by atoms with E-state index in [2.05, 4.69) is 39.0 Å². The Balaban J connectivity index is 1.70. The van der Waals surface area contributed by atoms with Gasteiger partial charge >= 0.3 is 0 Å². The van der Waals surface area contributed by atoms with E-state index in [1.165, 1.54) is 19.3 Å². The van der Waals surface area contributed by atoms with Gasteiger partial charge in [-0.05, 0) is 76.3 Å². The van der Waals surface area contributed by atoms with Crippen LogP contribution in [0.2, 0.25) is 0 Å². The molecule has 0 amide bonds. The highest BCUT2D eigenvalue weighted by Gasteiger charge is 2.27. The molecule has 0 radical (unpaired) electrons. The molecule has 1 aromatic rings. The zero-order chi connectivity index (χ0) is 20.6. The molecule has 3 heteroatoms. The molecule has 1 aliphatic rings. The lowest BCUT2D eigenvalue weighted by atomic mass is 9.71. The summed E-state index contributed by atoms with van der Waals surface area (Å²) in [7, 11) is -3.18. The molecule has 0 bridgehead atoms. The monoisotopic (exact) mass is 400 g/mol. The molecule has 0 unspecified atom stereocenters. The van der Waals surface area contributed by atoms with E-state index >= 15 is 0 Å². The molecule has 0 saturated heterocycles. The van der Waals surface area contributed by atoms with Crippen LogP contribution in [0.15, 0.2) is 64.6 Å². The van der Waals surface area contributed by atoms with Crippen molar-refractivity contribution < 1.29 is 8.42 Å². The second-order valence-corrected chi connectivity index (χ2v) is 10.8. The first-order chi connectivity index (χ1) is 13.2. The standard InChI is InChI=1S/C25H36O2S/c1-21-15-17-23(18-16-21)28(26,27)20-11-9-7-5-6-8-10-14-24-22(2)13-12-19-25(24,3)4/h7-10,15-18H,5-6,11-14,19-20H2,1-4H3. The predicted octanol–water partition coefficient (Wildman–Crippen LogP) is 6.97. The zero-order valence-corrected chi connectivity index (χ0v) is 18.8. The highest BCUT2D eigenvalue weighted by Crippen LogP contribution is 2.41. The molecule has 0 N–H and O–H groups in total. The molecule has 0 saturated carbocycles. The third kappa shape index (κ3) is 6.77. The maximum absolute atomic E-state index is 12.3. The summed E-state index contributed by atoms with van der Waals surface area (Å²) in [6.45, 7) is 8.98. The number of benzene rings is 1. The van der Waals surface area contributed by atoms with Crippen molar-refractivity contribution >= 4 is 9.84 Å². The van der Waals surface area contributed by atoms with Crippen LogP contribution in [-0.2, 0) is 9.84 Å². The van der Waals surface area contributed by atoms with Crippen LogP contribution in [0.5, 0.6) is 0 Å². The van der Waals surface area contributed by atoms with E-state index in [1.54, 1.807) is 23.3 Å². The lowest BCUT2D eigenvalue weighted by Gasteiger charge is -2.34. The molecular formula is C25H36O2S. The molecule has 28 heavy (non-hydrogen) atoms. The van der Waals surface area contributed by atoms with Crippen LogP contribution in [0.3, 0.4) is 0 Å². The van der Waals surface area contributed by atoms with E-state index in [0.717, 1.165) is 24.8 Å². The van der Waals surface area contributed by atoms with E-state index in [4.69, 9.17) is 0 Å². The van der Waals surface area contributed by atoms with Gasteiger partial charge in [0, 0.05) is 0 Å². The fraction of sp³-hybridized carbons (Fsp3) is 0.520. The van der Waals surface area contributed by atoms with Crippen molar-refractivity contribution in [3.63, 3.8) is 0 Å². The molecule has 0 fully saturated rings. The lowest BCUT2D eigenvalue weighted by Crippen LogP contribution is -2.19. The van der Waals surface area contributed by atoms with Gasteiger partial charge in [0.1, 0.15) is 0 Å². The molecule has 2 rings (SSSR count). The minimum absolute atomic E-state index is 0.172. The van der Waals surface area contributed by atoms with Gasteiger partial charge in [-0.25, -0.2) is 8.42 Å². The number of hydrogen-bond acceptors (Lipinski definition) is 2. The fourth-order valence-electron chi connectivity index (χ4n) is 3.96. The van der Waals surface area contributed by atoms with Crippen LogP contribution < -0.4 is 0 Å². The predicted molar refractivity (Wildman–Crippen MR) is 120 cm³/mol. The van der Waals surface area contributed by atoms with Gasteiger partial charge in [0.25, 0.3) is 0 Å². The number of unbranched alkanes of at least 4 members (excludes halogenated alkanes) is 1. The number of aryl methyl sites for hydroxylation is 1. The van der Waals surface area contributed by atoms with Crippen molar-refractivity contribution in [1.29, 1.82) is 0 Å². The van der Waals surface area contributed by atoms with Gasteiger partial charge in [-0.15, -0.1) is 0 Å². The van der Waals surface area contributed by atoms with Crippen LogP contribution in [0.1, 0.15) is 71.3 Å². The van der Waals surface area contributed by atoms with Crippen molar-refractivity contribution in [1.82, 2.24) is 0 Å². The van der Waals surface area contributed by atoms with Gasteiger partial charge in [0.05, 0.1) is 10.6 Å². The summed E-state index contributed by atoms with van der Waals surface area (Å²) in [5, 5.41) is 0. The van der Waals surface area contributed by atoms with Crippen LogP contribution in [-0.4, -0.2) is 14.2 Å².